The molecule has 7 nitrogen and oxygen atoms in total. The lowest BCUT2D eigenvalue weighted by molar-refractivity contribution is -0.139. The Morgan fingerprint density at radius 1 is 0.892 bits per heavy atom. The molecule has 0 saturated heterocycles. The van der Waals surface area contributed by atoms with Gasteiger partial charge in [0.25, 0.3) is 10.0 Å². The highest BCUT2D eigenvalue weighted by Crippen LogP contribution is 2.26. The monoisotopic (exact) mass is 525 g/mol. The van der Waals surface area contributed by atoms with E-state index in [1.165, 1.54) is 35.2 Å². The molecule has 37 heavy (non-hydrogen) atoms. The molecule has 0 aliphatic carbocycles. The van der Waals surface area contributed by atoms with Gasteiger partial charge in [-0.1, -0.05) is 67.6 Å². The number of benzene rings is 3. The molecule has 1 atom stereocenters. The third kappa shape index (κ3) is 6.95. The SMILES string of the molecule is CCNC(=O)[C@@H](CC)N(CCc1ccccc1)C(=O)CN(c1ccccc1F)S(=O)(=O)c1ccccc1. The van der Waals surface area contributed by atoms with Crippen LogP contribution in [0.2, 0.25) is 0 Å². The van der Waals surface area contributed by atoms with Gasteiger partial charge in [0.1, 0.15) is 18.4 Å². The quantitative estimate of drug-likeness (QED) is 0.387. The Morgan fingerprint density at radius 3 is 2.08 bits per heavy atom. The van der Waals surface area contributed by atoms with Crippen molar-refractivity contribution in [3.8, 4) is 0 Å². The van der Waals surface area contributed by atoms with Gasteiger partial charge in [0.2, 0.25) is 11.8 Å². The van der Waals surface area contributed by atoms with Crippen molar-refractivity contribution in [1.29, 1.82) is 0 Å². The third-order valence-electron chi connectivity index (χ3n) is 5.95. The molecule has 3 aromatic rings. The highest BCUT2D eigenvalue weighted by atomic mass is 32.2. The number of para-hydroxylation sites is 1. The summed E-state index contributed by atoms with van der Waals surface area (Å²) >= 11 is 0. The Hall–Kier alpha value is -3.72. The summed E-state index contributed by atoms with van der Waals surface area (Å²) < 4.78 is 42.9. The molecule has 0 spiro atoms. The smallest absolute Gasteiger partial charge is 0.264 e. The standard InChI is InChI=1S/C28H32FN3O4S/c1-3-25(28(34)30-4-2)31(20-19-22-13-7-5-8-14-22)27(33)21-32(26-18-12-11-17-24(26)29)37(35,36)23-15-9-6-10-16-23/h5-18,25H,3-4,19-21H2,1-2H3,(H,30,34)/t25-/m1/s1. The zero-order valence-electron chi connectivity index (χ0n) is 21.0. The van der Waals surface area contributed by atoms with Crippen LogP contribution in [-0.2, 0) is 26.0 Å². The number of nitrogens with zero attached hydrogens (tertiary/aromatic N) is 2. The van der Waals surface area contributed by atoms with Gasteiger partial charge in [-0.3, -0.25) is 13.9 Å². The number of likely N-dealkylation sites (N-methyl/N-ethyl adjacent to an activating group) is 1. The van der Waals surface area contributed by atoms with Gasteiger partial charge >= 0.3 is 0 Å². The van der Waals surface area contributed by atoms with Crippen molar-refractivity contribution in [3.05, 3.63) is 96.3 Å². The first-order valence-electron chi connectivity index (χ1n) is 12.2. The number of rotatable bonds is 12. The van der Waals surface area contributed by atoms with E-state index >= 15 is 0 Å². The van der Waals surface area contributed by atoms with E-state index in [1.807, 2.05) is 30.3 Å². The number of halogens is 1. The molecule has 0 saturated carbocycles. The molecule has 196 valence electrons. The highest BCUT2D eigenvalue weighted by molar-refractivity contribution is 7.92. The van der Waals surface area contributed by atoms with Crippen molar-refractivity contribution in [2.24, 2.45) is 0 Å². The average molecular weight is 526 g/mol. The summed E-state index contributed by atoms with van der Waals surface area (Å²) in [4.78, 5) is 28.0. The first kappa shape index (κ1) is 27.9. The fourth-order valence-electron chi connectivity index (χ4n) is 4.07. The predicted octanol–water partition coefficient (Wildman–Crippen LogP) is 4.01. The van der Waals surface area contributed by atoms with E-state index in [9.17, 15) is 22.4 Å². The van der Waals surface area contributed by atoms with Gasteiger partial charge in [0.15, 0.2) is 0 Å². The minimum absolute atomic E-state index is 0.0716. The summed E-state index contributed by atoms with van der Waals surface area (Å²) in [5.41, 5.74) is 0.725. The second-order valence-corrected chi connectivity index (χ2v) is 10.3. The average Bonchev–Trinajstić information content (AvgIpc) is 2.91. The minimum Gasteiger partial charge on any atom is -0.355 e. The zero-order chi connectivity index (χ0) is 26.8. The summed E-state index contributed by atoms with van der Waals surface area (Å²) in [7, 11) is -4.29. The van der Waals surface area contributed by atoms with E-state index in [0.29, 0.717) is 19.4 Å². The molecule has 3 rings (SSSR count). The van der Waals surface area contributed by atoms with Crippen molar-refractivity contribution >= 4 is 27.5 Å². The normalized spacial score (nSPS) is 12.0. The molecule has 1 N–H and O–H groups in total. The number of nitrogens with one attached hydrogen (secondary N) is 1. The van der Waals surface area contributed by atoms with Crippen LogP contribution in [0.5, 0.6) is 0 Å². The van der Waals surface area contributed by atoms with Crippen molar-refractivity contribution in [1.82, 2.24) is 10.2 Å². The Bertz CT molecular complexity index is 1290. The first-order chi connectivity index (χ1) is 17.8. The van der Waals surface area contributed by atoms with Gasteiger partial charge in [-0.25, -0.2) is 12.8 Å². The molecule has 3 aromatic carbocycles. The van der Waals surface area contributed by atoms with Gasteiger partial charge in [0, 0.05) is 13.1 Å². The van der Waals surface area contributed by atoms with E-state index in [0.717, 1.165) is 15.9 Å². The molecule has 0 aliphatic heterocycles. The molecule has 0 fully saturated rings. The van der Waals surface area contributed by atoms with Gasteiger partial charge < -0.3 is 10.2 Å². The number of anilines is 1. The Balaban J connectivity index is 2.00. The van der Waals surface area contributed by atoms with Crippen LogP contribution in [0.3, 0.4) is 0 Å². The van der Waals surface area contributed by atoms with Crippen molar-refractivity contribution in [3.63, 3.8) is 0 Å². The molecular formula is C28H32FN3O4S. The number of sulfonamides is 1. The summed E-state index contributed by atoms with van der Waals surface area (Å²) in [5.74, 6) is -1.70. The van der Waals surface area contributed by atoms with E-state index in [2.05, 4.69) is 5.32 Å². The number of carbonyl (C=O) groups excluding carboxylic acids is 2. The number of hydrogen-bond donors (Lipinski definition) is 1. The Kier molecular flexibility index (Phi) is 9.79. The van der Waals surface area contributed by atoms with Crippen LogP contribution >= 0.6 is 0 Å². The van der Waals surface area contributed by atoms with Gasteiger partial charge in [-0.2, -0.15) is 0 Å². The molecule has 0 radical (unpaired) electrons. The van der Waals surface area contributed by atoms with E-state index in [-0.39, 0.29) is 23.0 Å². The van der Waals surface area contributed by atoms with E-state index < -0.39 is 34.3 Å². The van der Waals surface area contributed by atoms with Crippen LogP contribution in [0.1, 0.15) is 25.8 Å². The largest absolute Gasteiger partial charge is 0.355 e. The summed E-state index contributed by atoms with van der Waals surface area (Å²) in [6, 6.07) is 21.7. The number of amides is 2. The Morgan fingerprint density at radius 2 is 1.49 bits per heavy atom. The fraction of sp³-hybridized carbons (Fsp3) is 0.286. The van der Waals surface area contributed by atoms with E-state index in [4.69, 9.17) is 0 Å². The number of carbonyl (C=O) groups is 2. The predicted molar refractivity (Wildman–Crippen MR) is 142 cm³/mol. The van der Waals surface area contributed by atoms with Crippen LogP contribution in [0.4, 0.5) is 10.1 Å². The van der Waals surface area contributed by atoms with Crippen LogP contribution in [0.15, 0.2) is 89.8 Å². The molecular weight excluding hydrogens is 493 g/mol. The fourth-order valence-corrected chi connectivity index (χ4v) is 5.52. The lowest BCUT2D eigenvalue weighted by Gasteiger charge is -2.33. The highest BCUT2D eigenvalue weighted by Gasteiger charge is 2.34. The van der Waals surface area contributed by atoms with Gasteiger partial charge in [0.05, 0.1) is 10.6 Å². The van der Waals surface area contributed by atoms with Crippen LogP contribution in [0.25, 0.3) is 0 Å². The maximum Gasteiger partial charge on any atom is 0.264 e. The van der Waals surface area contributed by atoms with Crippen molar-refractivity contribution in [2.45, 2.75) is 37.6 Å². The maximum atomic E-state index is 14.9. The van der Waals surface area contributed by atoms with E-state index in [1.54, 1.807) is 32.0 Å². The van der Waals surface area contributed by atoms with Crippen molar-refractivity contribution in [2.75, 3.05) is 23.9 Å². The molecule has 0 heterocycles. The first-order valence-corrected chi connectivity index (χ1v) is 13.7. The molecule has 0 bridgehead atoms. The van der Waals surface area contributed by atoms with Crippen LogP contribution < -0.4 is 9.62 Å². The Labute approximate surface area is 218 Å². The third-order valence-corrected chi connectivity index (χ3v) is 7.73. The molecule has 2 amide bonds. The molecule has 9 heteroatoms. The summed E-state index contributed by atoms with van der Waals surface area (Å²) in [6.45, 7) is 3.49. The summed E-state index contributed by atoms with van der Waals surface area (Å²) in [5, 5.41) is 2.76. The zero-order valence-corrected chi connectivity index (χ0v) is 21.8. The lowest BCUT2D eigenvalue weighted by atomic mass is 10.1. The van der Waals surface area contributed by atoms with Gasteiger partial charge in [-0.05, 0) is 49.6 Å². The van der Waals surface area contributed by atoms with Gasteiger partial charge in [-0.15, -0.1) is 0 Å². The topological polar surface area (TPSA) is 86.8 Å². The van der Waals surface area contributed by atoms with Crippen LogP contribution in [0, 0.1) is 5.82 Å². The van der Waals surface area contributed by atoms with Crippen molar-refractivity contribution < 1.29 is 22.4 Å². The second-order valence-electron chi connectivity index (χ2n) is 8.42. The molecule has 0 aromatic heterocycles. The summed E-state index contributed by atoms with van der Waals surface area (Å²) in [6.07, 6.45) is 0.797. The van der Waals surface area contributed by atoms with Crippen LogP contribution in [-0.4, -0.2) is 50.8 Å². The number of hydrogen-bond acceptors (Lipinski definition) is 4. The molecule has 0 unspecified atom stereocenters. The maximum absolute atomic E-state index is 14.9. The lowest BCUT2D eigenvalue weighted by Crippen LogP contribution is -2.53. The minimum atomic E-state index is -4.29. The molecule has 0 aliphatic rings. The second kappa shape index (κ2) is 13.0.